The number of likely N-dealkylation sites (tertiary alicyclic amines) is 1. The Morgan fingerprint density at radius 2 is 1.87 bits per heavy atom. The Bertz CT molecular complexity index is 1470. The third-order valence-corrected chi connectivity index (χ3v) is 7.79. The number of halogens is 5. The molecule has 2 aromatic heterocycles. The normalized spacial score (nSPS) is 18.2. The van der Waals surface area contributed by atoms with Gasteiger partial charge in [-0.15, -0.1) is 0 Å². The van der Waals surface area contributed by atoms with Crippen molar-refractivity contribution in [3.8, 4) is 0 Å². The van der Waals surface area contributed by atoms with Crippen molar-refractivity contribution in [2.24, 2.45) is 18.9 Å². The van der Waals surface area contributed by atoms with Crippen molar-refractivity contribution in [1.29, 1.82) is 0 Å². The number of alkyl halides is 3. The number of aryl methyl sites for hydroxylation is 2. The molecule has 2 atom stereocenters. The summed E-state index contributed by atoms with van der Waals surface area (Å²) in [7, 11) is 1.42. The lowest BCUT2D eigenvalue weighted by Crippen LogP contribution is -2.43. The van der Waals surface area contributed by atoms with E-state index >= 15 is 0 Å². The number of hydrogen-bond donors (Lipinski definition) is 1. The average molecular weight is 570 g/mol. The highest BCUT2D eigenvalue weighted by molar-refractivity contribution is 6.42. The molecule has 1 amide bonds. The number of hydrogen-bond acceptors (Lipinski definition) is 4. The summed E-state index contributed by atoms with van der Waals surface area (Å²) in [6.07, 6.45) is -4.12. The first-order valence-electron chi connectivity index (χ1n) is 11.8. The molecule has 1 fully saturated rings. The van der Waals surface area contributed by atoms with Gasteiger partial charge in [0.05, 0.1) is 26.9 Å². The van der Waals surface area contributed by atoms with E-state index in [9.17, 15) is 27.6 Å². The van der Waals surface area contributed by atoms with Crippen molar-refractivity contribution in [2.75, 3.05) is 13.1 Å². The number of carbonyl (C=O) groups is 3. The summed E-state index contributed by atoms with van der Waals surface area (Å²) >= 11 is 12.9. The molecule has 3 heterocycles. The highest BCUT2D eigenvalue weighted by atomic mass is 35.5. The fraction of sp³-hybridized carbons (Fsp3) is 0.385. The molecular formula is C26H24Cl2F3N3O4. The smallest absolute Gasteiger partial charge is 0.433 e. The highest BCUT2D eigenvalue weighted by Crippen LogP contribution is 2.35. The summed E-state index contributed by atoms with van der Waals surface area (Å²) in [5.74, 6) is -2.10. The monoisotopic (exact) mass is 569 g/mol. The predicted octanol–water partition coefficient (Wildman–Crippen LogP) is 6.01. The third-order valence-electron chi connectivity index (χ3n) is 7.08. The van der Waals surface area contributed by atoms with Gasteiger partial charge in [-0.2, -0.15) is 13.2 Å². The number of carboxylic acid groups (broad SMARTS) is 1. The summed E-state index contributed by atoms with van der Waals surface area (Å²) in [5, 5.41) is 9.28. The largest absolute Gasteiger partial charge is 0.481 e. The summed E-state index contributed by atoms with van der Waals surface area (Å²) in [6, 6.07) is 5.13. The van der Waals surface area contributed by atoms with Gasteiger partial charge in [-0.05, 0) is 55.0 Å². The molecular weight excluding hydrogens is 546 g/mol. The van der Waals surface area contributed by atoms with Crippen LogP contribution < -0.4 is 0 Å². The number of ketones is 1. The van der Waals surface area contributed by atoms with E-state index in [2.05, 4.69) is 4.98 Å². The van der Waals surface area contributed by atoms with E-state index in [-0.39, 0.29) is 50.8 Å². The SMILES string of the molecule is Cc1cc(C(F)(F)F)nc2c1cc(C(=O)c1c(Cl)ccc(C(=O)N3CC[C@@H](CC(=O)O)[C@H](C)C3)c1Cl)n2C. The summed E-state index contributed by atoms with van der Waals surface area (Å²) in [6.45, 7) is 4.03. The van der Waals surface area contributed by atoms with Crippen molar-refractivity contribution >= 4 is 51.9 Å². The van der Waals surface area contributed by atoms with Crippen molar-refractivity contribution in [3.63, 3.8) is 0 Å². The van der Waals surface area contributed by atoms with Crippen LogP contribution in [0.5, 0.6) is 0 Å². The minimum absolute atomic E-state index is 0.00595. The molecule has 202 valence electrons. The molecule has 7 nitrogen and oxygen atoms in total. The quantitative estimate of drug-likeness (QED) is 0.380. The fourth-order valence-corrected chi connectivity index (χ4v) is 5.56. The summed E-state index contributed by atoms with van der Waals surface area (Å²) < 4.78 is 41.2. The van der Waals surface area contributed by atoms with Gasteiger partial charge >= 0.3 is 12.1 Å². The van der Waals surface area contributed by atoms with Gasteiger partial charge < -0.3 is 14.6 Å². The van der Waals surface area contributed by atoms with Crippen LogP contribution in [0.3, 0.4) is 0 Å². The Labute approximate surface area is 226 Å². The Hall–Kier alpha value is -3.11. The minimum atomic E-state index is -4.66. The summed E-state index contributed by atoms with van der Waals surface area (Å²) in [5.41, 5.74) is -0.903. The molecule has 1 aromatic carbocycles. The van der Waals surface area contributed by atoms with E-state index in [1.807, 2.05) is 6.92 Å². The Morgan fingerprint density at radius 1 is 1.18 bits per heavy atom. The standard InChI is InChI=1S/C26H24Cl2F3N3O4/c1-12-8-19(26(29,30)31)32-24-16(12)10-18(33(24)3)23(37)21-17(27)5-4-15(22(21)28)25(38)34-7-6-14(9-20(35)36)13(2)11-34/h4-5,8,10,13-14H,6-7,9,11H2,1-3H3,(H,35,36)/t13-,14+/m1/s1. The van der Waals surface area contributed by atoms with Gasteiger partial charge in [-0.25, -0.2) is 4.98 Å². The lowest BCUT2D eigenvalue weighted by atomic mass is 9.84. The molecule has 4 rings (SSSR count). The van der Waals surface area contributed by atoms with Gasteiger partial charge in [0.25, 0.3) is 5.91 Å². The topological polar surface area (TPSA) is 92.5 Å². The first-order valence-corrected chi connectivity index (χ1v) is 12.5. The number of amides is 1. The maximum absolute atomic E-state index is 13.6. The molecule has 0 unspecified atom stereocenters. The van der Waals surface area contributed by atoms with Crippen molar-refractivity contribution in [1.82, 2.24) is 14.5 Å². The van der Waals surface area contributed by atoms with E-state index in [1.54, 1.807) is 4.90 Å². The van der Waals surface area contributed by atoms with Gasteiger partial charge in [0.2, 0.25) is 5.78 Å². The first kappa shape index (κ1) is 27.9. The van der Waals surface area contributed by atoms with Crippen molar-refractivity contribution in [2.45, 2.75) is 32.9 Å². The van der Waals surface area contributed by atoms with Crippen LogP contribution in [-0.4, -0.2) is 50.3 Å². The minimum Gasteiger partial charge on any atom is -0.481 e. The number of benzene rings is 1. The molecule has 0 bridgehead atoms. The number of piperidine rings is 1. The van der Waals surface area contributed by atoms with Crippen LogP contribution in [-0.2, 0) is 18.0 Å². The summed E-state index contributed by atoms with van der Waals surface area (Å²) in [4.78, 5) is 43.3. The van der Waals surface area contributed by atoms with E-state index < -0.39 is 29.5 Å². The number of fused-ring (bicyclic) bond motifs is 1. The molecule has 1 N–H and O–H groups in total. The van der Waals surface area contributed by atoms with Gasteiger partial charge in [-0.3, -0.25) is 14.4 Å². The second-order valence-electron chi connectivity index (χ2n) is 9.64. The number of carbonyl (C=O) groups excluding carboxylic acids is 2. The fourth-order valence-electron chi connectivity index (χ4n) is 4.94. The van der Waals surface area contributed by atoms with Crippen LogP contribution in [0.15, 0.2) is 24.3 Å². The average Bonchev–Trinajstić information content (AvgIpc) is 3.16. The number of aromatic nitrogens is 2. The van der Waals surface area contributed by atoms with E-state index in [0.29, 0.717) is 30.5 Å². The van der Waals surface area contributed by atoms with E-state index in [0.717, 1.165) is 6.07 Å². The van der Waals surface area contributed by atoms with Crippen LogP contribution in [0.1, 0.15) is 57.4 Å². The second kappa shape index (κ2) is 10.2. The highest BCUT2D eigenvalue weighted by Gasteiger charge is 2.35. The van der Waals surface area contributed by atoms with Crippen LogP contribution in [0, 0.1) is 18.8 Å². The van der Waals surface area contributed by atoms with Gasteiger partial charge in [0.1, 0.15) is 11.3 Å². The predicted molar refractivity (Wildman–Crippen MR) is 136 cm³/mol. The zero-order valence-electron chi connectivity index (χ0n) is 20.7. The second-order valence-corrected chi connectivity index (χ2v) is 10.4. The number of nitrogens with zero attached hydrogens (tertiary/aromatic N) is 3. The number of aliphatic carboxylic acids is 1. The van der Waals surface area contributed by atoms with Crippen molar-refractivity contribution in [3.05, 3.63) is 62.4 Å². The van der Waals surface area contributed by atoms with Crippen LogP contribution in [0.25, 0.3) is 11.0 Å². The molecule has 1 aliphatic heterocycles. The molecule has 0 spiro atoms. The van der Waals surface area contributed by atoms with Crippen LogP contribution >= 0.6 is 23.2 Å². The Morgan fingerprint density at radius 3 is 2.47 bits per heavy atom. The van der Waals surface area contributed by atoms with Gasteiger partial charge in [-0.1, -0.05) is 30.1 Å². The Kier molecular flexibility index (Phi) is 7.51. The molecule has 1 aliphatic rings. The molecule has 12 heteroatoms. The van der Waals surface area contributed by atoms with Gasteiger partial charge in [0, 0.05) is 31.9 Å². The number of rotatable bonds is 5. The molecule has 38 heavy (non-hydrogen) atoms. The Balaban J connectivity index is 1.69. The van der Waals surface area contributed by atoms with Gasteiger partial charge in [0.15, 0.2) is 0 Å². The van der Waals surface area contributed by atoms with E-state index in [1.165, 1.54) is 36.7 Å². The zero-order chi connectivity index (χ0) is 28.1. The molecule has 0 aliphatic carbocycles. The maximum Gasteiger partial charge on any atom is 0.433 e. The molecule has 0 radical (unpaired) electrons. The molecule has 0 saturated carbocycles. The van der Waals surface area contributed by atoms with Crippen molar-refractivity contribution < 1.29 is 32.7 Å². The molecule has 1 saturated heterocycles. The number of carboxylic acids is 1. The van der Waals surface area contributed by atoms with Crippen LogP contribution in [0.4, 0.5) is 13.2 Å². The zero-order valence-corrected chi connectivity index (χ0v) is 22.2. The lowest BCUT2D eigenvalue weighted by molar-refractivity contribution is -0.141. The first-order chi connectivity index (χ1) is 17.7. The molecule has 3 aromatic rings. The van der Waals surface area contributed by atoms with E-state index in [4.69, 9.17) is 28.3 Å². The van der Waals surface area contributed by atoms with Crippen LogP contribution in [0.2, 0.25) is 10.0 Å². The number of pyridine rings is 1. The third kappa shape index (κ3) is 5.11. The lowest BCUT2D eigenvalue weighted by Gasteiger charge is -2.36. The maximum atomic E-state index is 13.6.